The van der Waals surface area contributed by atoms with Crippen LogP contribution in [-0.2, 0) is 4.79 Å². The van der Waals surface area contributed by atoms with E-state index in [-0.39, 0.29) is 5.78 Å². The van der Waals surface area contributed by atoms with Crippen molar-refractivity contribution in [3.05, 3.63) is 71.4 Å². The molecule has 0 saturated carbocycles. The van der Waals surface area contributed by atoms with Crippen LogP contribution in [0.25, 0.3) is 0 Å². The van der Waals surface area contributed by atoms with Crippen molar-refractivity contribution in [2.24, 2.45) is 0 Å². The van der Waals surface area contributed by atoms with E-state index in [2.05, 4.69) is 19.1 Å². The number of ketones is 1. The quantitative estimate of drug-likeness (QED) is 0.477. The molecule has 0 aromatic carbocycles. The lowest BCUT2D eigenvalue weighted by Gasteiger charge is -1.90. The minimum Gasteiger partial charge on any atom is -0.295 e. The van der Waals surface area contributed by atoms with E-state index in [9.17, 15) is 4.79 Å². The Bertz CT molecular complexity index is 466. The predicted molar refractivity (Wildman–Crippen MR) is 85.0 cm³/mol. The molecule has 0 bridgehead atoms. The molecule has 0 aromatic heterocycles. The molecule has 0 amide bonds. The summed E-state index contributed by atoms with van der Waals surface area (Å²) in [5.41, 5.74) is 3.13. The van der Waals surface area contributed by atoms with Crippen molar-refractivity contribution in [1.82, 2.24) is 0 Å². The molecule has 0 aliphatic heterocycles. The van der Waals surface area contributed by atoms with Crippen LogP contribution in [0.15, 0.2) is 71.4 Å². The Morgan fingerprint density at radius 1 is 0.737 bits per heavy atom. The van der Waals surface area contributed by atoms with Gasteiger partial charge in [-0.25, -0.2) is 0 Å². The largest absolute Gasteiger partial charge is 0.295 e. The molecular formula is C18H24O. The van der Waals surface area contributed by atoms with E-state index in [1.165, 1.54) is 5.57 Å². The lowest BCUT2D eigenvalue weighted by molar-refractivity contribution is -0.113. The Balaban J connectivity index is 4.48. The summed E-state index contributed by atoms with van der Waals surface area (Å²) in [7, 11) is 0. The third-order valence-electron chi connectivity index (χ3n) is 2.52. The van der Waals surface area contributed by atoms with Crippen LogP contribution in [0.4, 0.5) is 0 Å². The molecular weight excluding hydrogens is 232 g/mol. The summed E-state index contributed by atoms with van der Waals surface area (Å²) in [5, 5.41) is 0. The molecule has 0 rings (SSSR count). The SMILES string of the molecule is C/C=C/C(C)=C/C=C/C=C(C)/C=C/C=C(\C)C(C)=O. The van der Waals surface area contributed by atoms with Crippen LogP contribution >= 0.6 is 0 Å². The lowest BCUT2D eigenvalue weighted by atomic mass is 10.2. The van der Waals surface area contributed by atoms with Crippen LogP contribution in [0.5, 0.6) is 0 Å². The lowest BCUT2D eigenvalue weighted by Crippen LogP contribution is -1.89. The first kappa shape index (κ1) is 17.1. The van der Waals surface area contributed by atoms with Crippen molar-refractivity contribution < 1.29 is 4.79 Å². The van der Waals surface area contributed by atoms with Gasteiger partial charge in [0, 0.05) is 0 Å². The molecule has 102 valence electrons. The van der Waals surface area contributed by atoms with Gasteiger partial charge < -0.3 is 0 Å². The average molecular weight is 256 g/mol. The highest BCUT2D eigenvalue weighted by atomic mass is 16.1. The molecule has 0 fully saturated rings. The third-order valence-corrected chi connectivity index (χ3v) is 2.52. The number of Topliss-reactive ketones (excluding diaryl/α,β-unsaturated/α-hetero) is 1. The molecule has 1 nitrogen and oxygen atoms in total. The minimum atomic E-state index is 0.107. The maximum Gasteiger partial charge on any atom is 0.155 e. The van der Waals surface area contributed by atoms with Gasteiger partial charge in [-0.1, -0.05) is 65.8 Å². The van der Waals surface area contributed by atoms with Crippen molar-refractivity contribution in [3.8, 4) is 0 Å². The average Bonchev–Trinajstić information content (AvgIpc) is 2.34. The molecule has 1 heteroatoms. The summed E-state index contributed by atoms with van der Waals surface area (Å²) in [4.78, 5) is 11.0. The fourth-order valence-corrected chi connectivity index (χ4v) is 1.25. The number of rotatable bonds is 6. The van der Waals surface area contributed by atoms with Crippen LogP contribution in [0.3, 0.4) is 0 Å². The Morgan fingerprint density at radius 3 is 1.74 bits per heavy atom. The van der Waals surface area contributed by atoms with Crippen LogP contribution in [0.1, 0.15) is 34.6 Å². The smallest absolute Gasteiger partial charge is 0.155 e. The first-order chi connectivity index (χ1) is 8.97. The van der Waals surface area contributed by atoms with Gasteiger partial charge >= 0.3 is 0 Å². The standard InChI is InChI=1S/C18H24O/c1-6-10-15(2)11-7-8-12-16(3)13-9-14-17(4)18(5)19/h6-14H,1-5H3/b8-7+,10-6+,13-9+,15-11+,16-12+,17-14+. The zero-order valence-electron chi connectivity index (χ0n) is 12.6. The zero-order valence-corrected chi connectivity index (χ0v) is 12.6. The molecule has 0 N–H and O–H groups in total. The molecule has 0 aliphatic rings. The van der Waals surface area contributed by atoms with Crippen molar-refractivity contribution in [2.75, 3.05) is 0 Å². The highest BCUT2D eigenvalue weighted by Gasteiger charge is 1.91. The van der Waals surface area contributed by atoms with E-state index in [1.807, 2.05) is 63.3 Å². The van der Waals surface area contributed by atoms with Crippen molar-refractivity contribution in [1.29, 1.82) is 0 Å². The van der Waals surface area contributed by atoms with Crippen molar-refractivity contribution in [2.45, 2.75) is 34.6 Å². The fraction of sp³-hybridized carbons (Fsp3) is 0.278. The van der Waals surface area contributed by atoms with E-state index in [0.717, 1.165) is 11.1 Å². The van der Waals surface area contributed by atoms with Crippen LogP contribution in [0.2, 0.25) is 0 Å². The summed E-state index contributed by atoms with van der Waals surface area (Å²) in [6.07, 6.45) is 17.9. The van der Waals surface area contributed by atoms with Gasteiger partial charge in [-0.15, -0.1) is 0 Å². The molecule has 0 spiro atoms. The molecule has 0 aliphatic carbocycles. The van der Waals surface area contributed by atoms with Gasteiger partial charge in [-0.05, 0) is 40.2 Å². The fourth-order valence-electron chi connectivity index (χ4n) is 1.25. The minimum absolute atomic E-state index is 0.107. The molecule has 0 radical (unpaired) electrons. The Morgan fingerprint density at radius 2 is 1.26 bits per heavy atom. The second-order valence-electron chi connectivity index (χ2n) is 4.47. The molecule has 19 heavy (non-hydrogen) atoms. The Labute approximate surface area is 117 Å². The zero-order chi connectivity index (χ0) is 14.7. The van der Waals surface area contributed by atoms with Crippen molar-refractivity contribution in [3.63, 3.8) is 0 Å². The summed E-state index contributed by atoms with van der Waals surface area (Å²) in [5.74, 6) is 0.107. The van der Waals surface area contributed by atoms with Gasteiger partial charge in [0.1, 0.15) is 0 Å². The monoisotopic (exact) mass is 256 g/mol. The van der Waals surface area contributed by atoms with Crippen molar-refractivity contribution >= 4 is 5.78 Å². The summed E-state index contributed by atoms with van der Waals surface area (Å²) < 4.78 is 0. The maximum atomic E-state index is 11.0. The van der Waals surface area contributed by atoms with E-state index >= 15 is 0 Å². The number of hydrogen-bond acceptors (Lipinski definition) is 1. The van der Waals surface area contributed by atoms with Gasteiger partial charge in [-0.2, -0.15) is 0 Å². The third kappa shape index (κ3) is 9.78. The molecule has 0 unspecified atom stereocenters. The first-order valence-corrected chi connectivity index (χ1v) is 6.47. The molecule has 0 saturated heterocycles. The van der Waals surface area contributed by atoms with Crippen LogP contribution in [-0.4, -0.2) is 5.78 Å². The van der Waals surface area contributed by atoms with Crippen LogP contribution < -0.4 is 0 Å². The normalized spacial score (nSPS) is 15.1. The Kier molecular flexibility index (Phi) is 9.07. The number of carbonyl (C=O) groups is 1. The van der Waals surface area contributed by atoms with Gasteiger partial charge in [0.05, 0.1) is 0 Å². The summed E-state index contributed by atoms with van der Waals surface area (Å²) in [6, 6.07) is 0. The predicted octanol–water partition coefficient (Wildman–Crippen LogP) is 5.10. The van der Waals surface area contributed by atoms with Gasteiger partial charge in [-0.3, -0.25) is 4.79 Å². The molecule has 0 heterocycles. The van der Waals surface area contributed by atoms with E-state index < -0.39 is 0 Å². The number of allylic oxidation sites excluding steroid dienone is 12. The topological polar surface area (TPSA) is 17.1 Å². The molecule has 0 aromatic rings. The number of hydrogen-bond donors (Lipinski definition) is 0. The Hall–Kier alpha value is -1.89. The summed E-state index contributed by atoms with van der Waals surface area (Å²) in [6.45, 7) is 9.49. The van der Waals surface area contributed by atoms with Crippen LogP contribution in [0, 0.1) is 0 Å². The van der Waals surface area contributed by atoms with Gasteiger partial charge in [0.25, 0.3) is 0 Å². The second-order valence-corrected chi connectivity index (χ2v) is 4.47. The highest BCUT2D eigenvalue weighted by Crippen LogP contribution is 2.00. The van der Waals surface area contributed by atoms with E-state index in [0.29, 0.717) is 0 Å². The second kappa shape index (κ2) is 10.1. The number of carbonyl (C=O) groups excluding carboxylic acids is 1. The van der Waals surface area contributed by atoms with E-state index in [1.54, 1.807) is 6.92 Å². The summed E-state index contributed by atoms with van der Waals surface area (Å²) >= 11 is 0. The van der Waals surface area contributed by atoms with Gasteiger partial charge in [0.15, 0.2) is 5.78 Å². The highest BCUT2D eigenvalue weighted by molar-refractivity contribution is 5.92. The molecule has 0 atom stereocenters. The maximum absolute atomic E-state index is 11.0. The van der Waals surface area contributed by atoms with Gasteiger partial charge in [0.2, 0.25) is 0 Å². The first-order valence-electron chi connectivity index (χ1n) is 6.47. The van der Waals surface area contributed by atoms with E-state index in [4.69, 9.17) is 0 Å².